The predicted molar refractivity (Wildman–Crippen MR) is 73.9 cm³/mol. The molecule has 1 heterocycles. The average Bonchev–Trinajstić information content (AvgIpc) is 2.87. The summed E-state index contributed by atoms with van der Waals surface area (Å²) in [5.41, 5.74) is 0. The molecular weight excluding hydrogens is 282 g/mol. The molecule has 1 amide bonds. The first-order chi connectivity index (χ1) is 9.47. The molecule has 0 aliphatic carbocycles. The summed E-state index contributed by atoms with van der Waals surface area (Å²) in [6.45, 7) is 2.35. The van der Waals surface area contributed by atoms with Gasteiger partial charge < -0.3 is 14.7 Å². The molecule has 1 aliphatic heterocycles. The van der Waals surface area contributed by atoms with E-state index in [-0.39, 0.29) is 12.5 Å². The summed E-state index contributed by atoms with van der Waals surface area (Å²) in [6, 6.07) is 6.82. The van der Waals surface area contributed by atoms with Crippen LogP contribution in [0.5, 0.6) is 5.75 Å². The van der Waals surface area contributed by atoms with Crippen molar-refractivity contribution in [2.75, 3.05) is 13.1 Å². The summed E-state index contributed by atoms with van der Waals surface area (Å²) in [6.07, 6.45) is -0.175. The Morgan fingerprint density at radius 3 is 2.85 bits per heavy atom. The van der Waals surface area contributed by atoms with Gasteiger partial charge in [0.2, 0.25) is 0 Å². The highest BCUT2D eigenvalue weighted by molar-refractivity contribution is 6.30. The first-order valence-electron chi connectivity index (χ1n) is 6.41. The van der Waals surface area contributed by atoms with Crippen molar-refractivity contribution in [1.29, 1.82) is 0 Å². The fraction of sp³-hybridized carbons (Fsp3) is 0.429. The molecule has 2 unspecified atom stereocenters. The van der Waals surface area contributed by atoms with E-state index in [0.29, 0.717) is 23.7 Å². The summed E-state index contributed by atoms with van der Waals surface area (Å²) in [5, 5.41) is 9.47. The Morgan fingerprint density at radius 2 is 2.25 bits per heavy atom. The molecule has 0 spiro atoms. The van der Waals surface area contributed by atoms with Gasteiger partial charge in [-0.15, -0.1) is 0 Å². The van der Waals surface area contributed by atoms with E-state index in [1.165, 1.54) is 4.90 Å². The monoisotopic (exact) mass is 297 g/mol. The zero-order valence-corrected chi connectivity index (χ0v) is 11.8. The zero-order valence-electron chi connectivity index (χ0n) is 11.1. The van der Waals surface area contributed by atoms with Gasteiger partial charge in [-0.1, -0.05) is 17.7 Å². The van der Waals surface area contributed by atoms with E-state index < -0.39 is 18.0 Å². The molecule has 5 nitrogen and oxygen atoms in total. The molecule has 108 valence electrons. The fourth-order valence-corrected chi connectivity index (χ4v) is 2.39. The summed E-state index contributed by atoms with van der Waals surface area (Å²) in [7, 11) is 0. The quantitative estimate of drug-likeness (QED) is 0.923. The Kier molecular flexibility index (Phi) is 4.49. The first-order valence-corrected chi connectivity index (χ1v) is 6.79. The molecule has 2 atom stereocenters. The highest BCUT2D eigenvalue weighted by atomic mass is 35.5. The number of ether oxygens (including phenoxy) is 1. The van der Waals surface area contributed by atoms with Crippen LogP contribution in [0.1, 0.15) is 13.3 Å². The summed E-state index contributed by atoms with van der Waals surface area (Å²) in [4.78, 5) is 24.6. The Labute approximate surface area is 122 Å². The third kappa shape index (κ3) is 3.42. The molecule has 1 fully saturated rings. The van der Waals surface area contributed by atoms with Gasteiger partial charge in [0.15, 0.2) is 6.10 Å². The van der Waals surface area contributed by atoms with Crippen molar-refractivity contribution >= 4 is 23.5 Å². The highest BCUT2D eigenvalue weighted by Crippen LogP contribution is 2.21. The summed E-state index contributed by atoms with van der Waals surface area (Å²) < 4.78 is 5.54. The minimum Gasteiger partial charge on any atom is -0.481 e. The Hall–Kier alpha value is -1.75. The van der Waals surface area contributed by atoms with Crippen LogP contribution in [-0.4, -0.2) is 41.1 Å². The number of carbonyl (C=O) groups excluding carboxylic acids is 1. The number of aliphatic carboxylic acids is 1. The number of halogens is 1. The normalized spacial score (nSPS) is 19.7. The van der Waals surface area contributed by atoms with E-state index in [4.69, 9.17) is 21.4 Å². The lowest BCUT2D eigenvalue weighted by Gasteiger charge is -2.21. The van der Waals surface area contributed by atoms with Crippen LogP contribution in [0.3, 0.4) is 0 Å². The maximum atomic E-state index is 12.2. The number of carbonyl (C=O) groups is 2. The minimum atomic E-state index is -0.858. The second-order valence-corrected chi connectivity index (χ2v) is 5.26. The minimum absolute atomic E-state index is 0.200. The third-order valence-electron chi connectivity index (χ3n) is 3.31. The van der Waals surface area contributed by atoms with E-state index in [0.717, 1.165) is 0 Å². The van der Waals surface area contributed by atoms with Gasteiger partial charge in [-0.3, -0.25) is 9.59 Å². The molecular formula is C14H16ClNO4. The maximum Gasteiger partial charge on any atom is 0.308 e. The van der Waals surface area contributed by atoms with Gasteiger partial charge in [-0.2, -0.15) is 0 Å². The Bertz CT molecular complexity index is 520. The molecule has 1 aromatic rings. The number of hydrogen-bond acceptors (Lipinski definition) is 3. The van der Waals surface area contributed by atoms with Crippen LogP contribution < -0.4 is 4.74 Å². The number of hydrogen-bond donors (Lipinski definition) is 1. The number of nitrogens with zero attached hydrogens (tertiary/aromatic N) is 1. The number of likely N-dealkylation sites (tertiary alicyclic amines) is 1. The number of benzene rings is 1. The van der Waals surface area contributed by atoms with Gasteiger partial charge in [0.1, 0.15) is 5.75 Å². The fourth-order valence-electron chi connectivity index (χ4n) is 2.21. The van der Waals surface area contributed by atoms with Gasteiger partial charge >= 0.3 is 5.97 Å². The Morgan fingerprint density at radius 1 is 1.50 bits per heavy atom. The van der Waals surface area contributed by atoms with Crippen LogP contribution in [0, 0.1) is 5.92 Å². The number of carboxylic acid groups (broad SMARTS) is 1. The SMILES string of the molecule is CC(Oc1cccc(Cl)c1)C(=O)N1CCC(C(=O)O)C1. The van der Waals surface area contributed by atoms with Gasteiger partial charge in [-0.05, 0) is 31.5 Å². The third-order valence-corrected chi connectivity index (χ3v) is 3.54. The molecule has 0 radical (unpaired) electrons. The lowest BCUT2D eigenvalue weighted by Crippen LogP contribution is -2.39. The lowest BCUT2D eigenvalue weighted by molar-refractivity contribution is -0.142. The molecule has 1 aliphatic rings. The smallest absolute Gasteiger partial charge is 0.308 e. The standard InChI is InChI=1S/C14H16ClNO4/c1-9(20-12-4-2-3-11(15)7-12)13(17)16-6-5-10(8-16)14(18)19/h2-4,7,9-10H,5-6,8H2,1H3,(H,18,19). The number of carboxylic acids is 1. The highest BCUT2D eigenvalue weighted by Gasteiger charge is 2.33. The average molecular weight is 298 g/mol. The van der Waals surface area contributed by atoms with Crippen molar-refractivity contribution in [3.63, 3.8) is 0 Å². The van der Waals surface area contributed by atoms with Crippen molar-refractivity contribution in [3.05, 3.63) is 29.3 Å². The first kappa shape index (κ1) is 14.7. The molecule has 0 bridgehead atoms. The molecule has 1 N–H and O–H groups in total. The van der Waals surface area contributed by atoms with Crippen LogP contribution >= 0.6 is 11.6 Å². The van der Waals surface area contributed by atoms with E-state index in [9.17, 15) is 9.59 Å². The van der Waals surface area contributed by atoms with Gasteiger partial charge in [0, 0.05) is 18.1 Å². The molecule has 2 rings (SSSR count). The van der Waals surface area contributed by atoms with Crippen molar-refractivity contribution in [2.24, 2.45) is 5.92 Å². The molecule has 1 aromatic carbocycles. The molecule has 0 aromatic heterocycles. The van der Waals surface area contributed by atoms with Gasteiger partial charge in [0.25, 0.3) is 5.91 Å². The van der Waals surface area contributed by atoms with Crippen molar-refractivity contribution in [3.8, 4) is 5.75 Å². The number of rotatable bonds is 4. The van der Waals surface area contributed by atoms with Gasteiger partial charge in [-0.25, -0.2) is 0 Å². The van der Waals surface area contributed by atoms with Crippen LogP contribution in [-0.2, 0) is 9.59 Å². The zero-order chi connectivity index (χ0) is 14.7. The van der Waals surface area contributed by atoms with E-state index in [1.54, 1.807) is 31.2 Å². The van der Waals surface area contributed by atoms with E-state index in [2.05, 4.69) is 0 Å². The second kappa shape index (κ2) is 6.13. The van der Waals surface area contributed by atoms with E-state index in [1.807, 2.05) is 0 Å². The van der Waals surface area contributed by atoms with Crippen LogP contribution in [0.25, 0.3) is 0 Å². The topological polar surface area (TPSA) is 66.8 Å². The largest absolute Gasteiger partial charge is 0.481 e. The second-order valence-electron chi connectivity index (χ2n) is 4.83. The molecule has 20 heavy (non-hydrogen) atoms. The van der Waals surface area contributed by atoms with Crippen LogP contribution in [0.4, 0.5) is 0 Å². The van der Waals surface area contributed by atoms with Crippen LogP contribution in [0.2, 0.25) is 5.02 Å². The number of amides is 1. The van der Waals surface area contributed by atoms with Crippen molar-refractivity contribution in [2.45, 2.75) is 19.4 Å². The molecule has 0 saturated carbocycles. The van der Waals surface area contributed by atoms with Crippen molar-refractivity contribution in [1.82, 2.24) is 4.90 Å². The Balaban J connectivity index is 1.94. The predicted octanol–water partition coefficient (Wildman–Crippen LogP) is 2.04. The van der Waals surface area contributed by atoms with Crippen molar-refractivity contribution < 1.29 is 19.4 Å². The maximum absolute atomic E-state index is 12.2. The lowest BCUT2D eigenvalue weighted by atomic mass is 10.1. The molecule has 1 saturated heterocycles. The van der Waals surface area contributed by atoms with Crippen LogP contribution in [0.15, 0.2) is 24.3 Å². The van der Waals surface area contributed by atoms with Gasteiger partial charge in [0.05, 0.1) is 5.92 Å². The van der Waals surface area contributed by atoms with E-state index >= 15 is 0 Å². The molecule has 6 heteroatoms. The summed E-state index contributed by atoms with van der Waals surface area (Å²) in [5.74, 6) is -1.01. The summed E-state index contributed by atoms with van der Waals surface area (Å²) >= 11 is 5.85.